The van der Waals surface area contributed by atoms with Gasteiger partial charge in [0.1, 0.15) is 0 Å². The van der Waals surface area contributed by atoms with E-state index in [0.717, 1.165) is 12.8 Å². The summed E-state index contributed by atoms with van der Waals surface area (Å²) in [6, 6.07) is 0. The average molecular weight is 248 g/mol. The van der Waals surface area contributed by atoms with Gasteiger partial charge in [0, 0.05) is 0 Å². The smallest absolute Gasteiger partial charge is 0.170 e. The second-order valence-corrected chi connectivity index (χ2v) is 4.57. The Morgan fingerprint density at radius 3 is 2.12 bits per heavy atom. The lowest BCUT2D eigenvalue weighted by Crippen LogP contribution is -2.18. The molecule has 0 radical (unpaired) electrons. The Morgan fingerprint density at radius 2 is 1.71 bits per heavy atom. The van der Waals surface area contributed by atoms with Crippen LogP contribution in [-0.2, 0) is 0 Å². The van der Waals surface area contributed by atoms with E-state index >= 15 is 0 Å². The molecule has 0 aromatic carbocycles. The van der Waals surface area contributed by atoms with Crippen LogP contribution in [0.4, 0.5) is 13.2 Å². The van der Waals surface area contributed by atoms with Crippen LogP contribution in [-0.4, -0.2) is 6.18 Å². The number of hydrogen-bond acceptors (Lipinski definition) is 0. The quantitative estimate of drug-likeness (QED) is 0.554. The third kappa shape index (κ3) is 6.54. The van der Waals surface area contributed by atoms with Gasteiger partial charge in [-0.3, -0.25) is 0 Å². The van der Waals surface area contributed by atoms with Gasteiger partial charge in [0.05, 0.1) is 5.92 Å². The van der Waals surface area contributed by atoms with Gasteiger partial charge in [-0.05, 0) is 31.6 Å². The molecule has 0 saturated heterocycles. The van der Waals surface area contributed by atoms with E-state index in [-0.39, 0.29) is 5.92 Å². The molecule has 0 spiro atoms. The van der Waals surface area contributed by atoms with Gasteiger partial charge < -0.3 is 0 Å². The lowest BCUT2D eigenvalue weighted by Gasteiger charge is -2.19. The van der Waals surface area contributed by atoms with Crippen LogP contribution in [0.25, 0.3) is 0 Å². The second-order valence-electron chi connectivity index (χ2n) is 4.57. The molecular formula is C14H23F3. The van der Waals surface area contributed by atoms with E-state index < -0.39 is 12.1 Å². The lowest BCUT2D eigenvalue weighted by molar-refractivity contribution is -0.156. The van der Waals surface area contributed by atoms with Crippen molar-refractivity contribution >= 4 is 0 Å². The fraction of sp³-hybridized carbons (Fsp3) is 0.714. The molecule has 0 fully saturated rings. The predicted octanol–water partition coefficient (Wildman–Crippen LogP) is 5.37. The van der Waals surface area contributed by atoms with Crippen molar-refractivity contribution < 1.29 is 13.2 Å². The summed E-state index contributed by atoms with van der Waals surface area (Å²) < 4.78 is 37.0. The van der Waals surface area contributed by atoms with E-state index in [9.17, 15) is 13.2 Å². The van der Waals surface area contributed by atoms with Crippen LogP contribution in [0.3, 0.4) is 0 Å². The Morgan fingerprint density at radius 1 is 1.12 bits per heavy atom. The van der Waals surface area contributed by atoms with Gasteiger partial charge >= 0.3 is 6.18 Å². The molecule has 3 unspecified atom stereocenters. The number of halogens is 3. The van der Waals surface area contributed by atoms with Gasteiger partial charge in [0.25, 0.3) is 0 Å². The third-order valence-electron chi connectivity index (χ3n) is 3.11. The summed E-state index contributed by atoms with van der Waals surface area (Å²) in [5.74, 6) is -0.755. The second kappa shape index (κ2) is 7.57. The van der Waals surface area contributed by atoms with Gasteiger partial charge in [-0.2, -0.15) is 13.2 Å². The Labute approximate surface area is 103 Å². The molecule has 3 heteroatoms. The fourth-order valence-electron chi connectivity index (χ4n) is 1.67. The molecule has 0 aromatic rings. The highest BCUT2D eigenvalue weighted by Crippen LogP contribution is 2.28. The van der Waals surface area contributed by atoms with Crippen LogP contribution in [0.5, 0.6) is 0 Å². The van der Waals surface area contributed by atoms with Crippen molar-refractivity contribution in [3.8, 4) is 0 Å². The molecule has 0 nitrogen and oxygen atoms in total. The van der Waals surface area contributed by atoms with Gasteiger partial charge in [0.15, 0.2) is 0 Å². The van der Waals surface area contributed by atoms with Crippen LogP contribution < -0.4 is 0 Å². The summed E-state index contributed by atoms with van der Waals surface area (Å²) in [6.07, 6.45) is 4.73. The van der Waals surface area contributed by atoms with Crippen LogP contribution in [0.15, 0.2) is 24.3 Å². The van der Waals surface area contributed by atoms with Crippen LogP contribution >= 0.6 is 0 Å². The van der Waals surface area contributed by atoms with Crippen molar-refractivity contribution in [1.29, 1.82) is 0 Å². The standard InChI is InChI=1S/C14H23F3/c1-5-7-8-11(3)13(6-2)10-9-12(4)14(15,16)17/h5,7,9-13H,6,8H2,1-4H3/b7-5-,10-9-. The zero-order valence-corrected chi connectivity index (χ0v) is 11.1. The first-order valence-corrected chi connectivity index (χ1v) is 6.19. The van der Waals surface area contributed by atoms with Gasteiger partial charge in [-0.1, -0.05) is 45.1 Å². The van der Waals surface area contributed by atoms with Gasteiger partial charge in [0.2, 0.25) is 0 Å². The molecule has 0 amide bonds. The van der Waals surface area contributed by atoms with E-state index in [2.05, 4.69) is 13.0 Å². The van der Waals surface area contributed by atoms with E-state index in [1.165, 1.54) is 13.0 Å². The van der Waals surface area contributed by atoms with Crippen molar-refractivity contribution in [2.24, 2.45) is 17.8 Å². The number of alkyl halides is 3. The van der Waals surface area contributed by atoms with Crippen molar-refractivity contribution in [3.05, 3.63) is 24.3 Å². The SMILES string of the molecule is C/C=C\CC(C)C(/C=C\C(C)C(F)(F)F)CC. The zero-order valence-electron chi connectivity index (χ0n) is 11.1. The Hall–Kier alpha value is -0.730. The minimum absolute atomic E-state index is 0.219. The summed E-state index contributed by atoms with van der Waals surface area (Å²) in [4.78, 5) is 0. The van der Waals surface area contributed by atoms with Crippen LogP contribution in [0.2, 0.25) is 0 Å². The maximum Gasteiger partial charge on any atom is 0.394 e. The van der Waals surface area contributed by atoms with E-state index in [1.807, 2.05) is 19.9 Å². The number of allylic oxidation sites excluding steroid dienone is 4. The highest BCUT2D eigenvalue weighted by molar-refractivity contribution is 4.96. The molecule has 0 saturated carbocycles. The molecule has 0 aliphatic heterocycles. The molecule has 0 aromatic heterocycles. The molecule has 0 bridgehead atoms. The first kappa shape index (κ1) is 16.3. The van der Waals surface area contributed by atoms with Crippen molar-refractivity contribution in [2.45, 2.75) is 46.7 Å². The number of rotatable bonds is 6. The monoisotopic (exact) mass is 248 g/mol. The van der Waals surface area contributed by atoms with Gasteiger partial charge in [-0.25, -0.2) is 0 Å². The highest BCUT2D eigenvalue weighted by Gasteiger charge is 2.33. The average Bonchev–Trinajstić information content (AvgIpc) is 2.25. The summed E-state index contributed by atoms with van der Waals surface area (Å²) in [5.41, 5.74) is 0. The van der Waals surface area contributed by atoms with Crippen LogP contribution in [0.1, 0.15) is 40.5 Å². The minimum atomic E-state index is -4.12. The number of hydrogen-bond donors (Lipinski definition) is 0. The first-order chi connectivity index (χ1) is 7.82. The van der Waals surface area contributed by atoms with Crippen LogP contribution in [0, 0.1) is 17.8 Å². The molecule has 100 valence electrons. The highest BCUT2D eigenvalue weighted by atomic mass is 19.4. The summed E-state index contributed by atoms with van der Waals surface area (Å²) in [5, 5.41) is 0. The van der Waals surface area contributed by atoms with E-state index in [0.29, 0.717) is 5.92 Å². The van der Waals surface area contributed by atoms with E-state index in [4.69, 9.17) is 0 Å². The molecule has 3 atom stereocenters. The normalized spacial score (nSPS) is 18.8. The molecule has 0 N–H and O–H groups in total. The topological polar surface area (TPSA) is 0 Å². The Balaban J connectivity index is 4.43. The molecule has 0 rings (SSSR count). The fourth-order valence-corrected chi connectivity index (χ4v) is 1.67. The summed E-state index contributed by atoms with van der Waals surface area (Å²) in [6.45, 7) is 7.24. The molecule has 0 aliphatic carbocycles. The van der Waals surface area contributed by atoms with Crippen molar-refractivity contribution in [2.75, 3.05) is 0 Å². The largest absolute Gasteiger partial charge is 0.394 e. The van der Waals surface area contributed by atoms with Crippen molar-refractivity contribution in [1.82, 2.24) is 0 Å². The van der Waals surface area contributed by atoms with E-state index in [1.54, 1.807) is 6.08 Å². The lowest BCUT2D eigenvalue weighted by atomic mass is 9.88. The third-order valence-corrected chi connectivity index (χ3v) is 3.11. The molecule has 0 aliphatic rings. The molecular weight excluding hydrogens is 225 g/mol. The Bertz CT molecular complexity index is 251. The van der Waals surface area contributed by atoms with Gasteiger partial charge in [-0.15, -0.1) is 0 Å². The molecule has 17 heavy (non-hydrogen) atoms. The zero-order chi connectivity index (χ0) is 13.5. The minimum Gasteiger partial charge on any atom is -0.170 e. The first-order valence-electron chi connectivity index (χ1n) is 6.19. The predicted molar refractivity (Wildman–Crippen MR) is 66.7 cm³/mol. The summed E-state index contributed by atoms with van der Waals surface area (Å²) in [7, 11) is 0. The molecule has 0 heterocycles. The van der Waals surface area contributed by atoms with Crippen molar-refractivity contribution in [3.63, 3.8) is 0 Å². The summed E-state index contributed by atoms with van der Waals surface area (Å²) >= 11 is 0. The maximum atomic E-state index is 12.3. The Kier molecular flexibility index (Phi) is 7.24. The maximum absolute atomic E-state index is 12.3.